The van der Waals surface area contributed by atoms with Gasteiger partial charge < -0.3 is 0 Å². The van der Waals surface area contributed by atoms with Gasteiger partial charge in [-0.2, -0.15) is 0 Å². The first-order valence-corrected chi connectivity index (χ1v) is 4.72. The van der Waals surface area contributed by atoms with Crippen LogP contribution in [0.3, 0.4) is 0 Å². The minimum atomic E-state index is 0.829. The summed E-state index contributed by atoms with van der Waals surface area (Å²) in [7, 11) is 0. The van der Waals surface area contributed by atoms with Crippen molar-refractivity contribution >= 4 is 33.6 Å². The minimum absolute atomic E-state index is 0.829. The van der Waals surface area contributed by atoms with Crippen LogP contribution in [-0.2, 0) is 0 Å². The molecule has 12 heavy (non-hydrogen) atoms. The minimum Gasteiger partial charge on any atom is -0.236 e. The fourth-order valence-electron chi connectivity index (χ4n) is 1.08. The standard InChI is InChI=1S/C9H7IN2/c1-6-2-3-7-4-8(10)5-11-9(7)12-6/h2-5H,1H3. The first-order chi connectivity index (χ1) is 5.75. The van der Waals surface area contributed by atoms with Crippen molar-refractivity contribution in [3.05, 3.63) is 33.7 Å². The lowest BCUT2D eigenvalue weighted by atomic mass is 10.3. The maximum atomic E-state index is 4.30. The van der Waals surface area contributed by atoms with Gasteiger partial charge in [0.15, 0.2) is 5.65 Å². The van der Waals surface area contributed by atoms with E-state index in [1.165, 1.54) is 0 Å². The van der Waals surface area contributed by atoms with Gasteiger partial charge in [0.05, 0.1) is 0 Å². The van der Waals surface area contributed by atoms with E-state index in [-0.39, 0.29) is 0 Å². The maximum Gasteiger partial charge on any atom is 0.159 e. The summed E-state index contributed by atoms with van der Waals surface area (Å²) in [6.45, 7) is 1.97. The number of pyridine rings is 2. The SMILES string of the molecule is Cc1ccc2cc(I)cnc2n1. The van der Waals surface area contributed by atoms with Gasteiger partial charge in [-0.25, -0.2) is 9.97 Å². The Balaban J connectivity index is 2.79. The Morgan fingerprint density at radius 3 is 3.00 bits per heavy atom. The molecule has 0 atom stereocenters. The molecule has 0 N–H and O–H groups in total. The molecule has 0 amide bonds. The van der Waals surface area contributed by atoms with E-state index in [1.807, 2.05) is 25.3 Å². The van der Waals surface area contributed by atoms with Gasteiger partial charge in [0.2, 0.25) is 0 Å². The van der Waals surface area contributed by atoms with Gasteiger partial charge >= 0.3 is 0 Å². The van der Waals surface area contributed by atoms with E-state index >= 15 is 0 Å². The Kier molecular flexibility index (Phi) is 1.96. The lowest BCUT2D eigenvalue weighted by Gasteiger charge is -1.97. The van der Waals surface area contributed by atoms with E-state index < -0.39 is 0 Å². The van der Waals surface area contributed by atoms with E-state index in [2.05, 4.69) is 38.6 Å². The van der Waals surface area contributed by atoms with Crippen LogP contribution in [0.1, 0.15) is 5.69 Å². The van der Waals surface area contributed by atoms with E-state index in [0.29, 0.717) is 0 Å². The number of halogens is 1. The third-order valence-corrected chi connectivity index (χ3v) is 2.24. The first-order valence-electron chi connectivity index (χ1n) is 3.64. The first kappa shape index (κ1) is 7.91. The van der Waals surface area contributed by atoms with Crippen LogP contribution in [0.25, 0.3) is 11.0 Å². The van der Waals surface area contributed by atoms with Crippen molar-refractivity contribution < 1.29 is 0 Å². The normalized spacial score (nSPS) is 10.5. The number of rotatable bonds is 0. The van der Waals surface area contributed by atoms with Gasteiger partial charge in [0.25, 0.3) is 0 Å². The summed E-state index contributed by atoms with van der Waals surface area (Å²) in [5.41, 5.74) is 1.84. The van der Waals surface area contributed by atoms with Gasteiger partial charge in [0.1, 0.15) is 0 Å². The lowest BCUT2D eigenvalue weighted by molar-refractivity contribution is 1.20. The maximum absolute atomic E-state index is 4.30. The summed E-state index contributed by atoms with van der Waals surface area (Å²) in [5.74, 6) is 0. The highest BCUT2D eigenvalue weighted by Gasteiger charge is 1.96. The van der Waals surface area contributed by atoms with Crippen LogP contribution in [0.4, 0.5) is 0 Å². The van der Waals surface area contributed by atoms with Crippen molar-refractivity contribution in [2.45, 2.75) is 6.92 Å². The van der Waals surface area contributed by atoms with Crippen LogP contribution in [0.5, 0.6) is 0 Å². The average molecular weight is 270 g/mol. The molecule has 0 bridgehead atoms. The van der Waals surface area contributed by atoms with Crippen LogP contribution in [0.2, 0.25) is 0 Å². The van der Waals surface area contributed by atoms with Gasteiger partial charge in [-0.15, -0.1) is 0 Å². The molecule has 0 spiro atoms. The van der Waals surface area contributed by atoms with Crippen LogP contribution in [0, 0.1) is 10.5 Å². The van der Waals surface area contributed by atoms with Gasteiger partial charge in [-0.1, -0.05) is 0 Å². The summed E-state index contributed by atoms with van der Waals surface area (Å²) >= 11 is 2.25. The highest BCUT2D eigenvalue weighted by Crippen LogP contribution is 2.12. The highest BCUT2D eigenvalue weighted by molar-refractivity contribution is 14.1. The molecule has 0 aliphatic carbocycles. The summed E-state index contributed by atoms with van der Waals surface area (Å²) in [5, 5.41) is 1.10. The summed E-state index contributed by atoms with van der Waals surface area (Å²) in [6.07, 6.45) is 1.83. The van der Waals surface area contributed by atoms with Crippen molar-refractivity contribution in [1.82, 2.24) is 9.97 Å². The lowest BCUT2D eigenvalue weighted by Crippen LogP contribution is -1.86. The number of fused-ring (bicyclic) bond motifs is 1. The quantitative estimate of drug-likeness (QED) is 0.687. The number of hydrogen-bond acceptors (Lipinski definition) is 2. The predicted molar refractivity (Wildman–Crippen MR) is 57.0 cm³/mol. The second kappa shape index (κ2) is 2.97. The van der Waals surface area contributed by atoms with Gasteiger partial charge in [-0.3, -0.25) is 0 Å². The van der Waals surface area contributed by atoms with Crippen molar-refractivity contribution in [2.75, 3.05) is 0 Å². The zero-order chi connectivity index (χ0) is 8.55. The van der Waals surface area contributed by atoms with Crippen LogP contribution >= 0.6 is 22.6 Å². The van der Waals surface area contributed by atoms with Gasteiger partial charge in [-0.05, 0) is 47.7 Å². The summed E-state index contributed by atoms with van der Waals surface area (Å²) < 4.78 is 1.14. The molecule has 0 aliphatic heterocycles. The third kappa shape index (κ3) is 1.41. The fraction of sp³-hybridized carbons (Fsp3) is 0.111. The van der Waals surface area contributed by atoms with Crippen molar-refractivity contribution in [2.24, 2.45) is 0 Å². The summed E-state index contributed by atoms with van der Waals surface area (Å²) in [6, 6.07) is 6.13. The number of hydrogen-bond donors (Lipinski definition) is 0. The molecule has 0 radical (unpaired) electrons. The van der Waals surface area contributed by atoms with Gasteiger partial charge in [0, 0.05) is 20.8 Å². The molecule has 0 saturated heterocycles. The monoisotopic (exact) mass is 270 g/mol. The van der Waals surface area contributed by atoms with E-state index in [1.54, 1.807) is 0 Å². The molecule has 0 unspecified atom stereocenters. The zero-order valence-electron chi connectivity index (χ0n) is 6.58. The molecule has 0 fully saturated rings. The third-order valence-electron chi connectivity index (χ3n) is 1.65. The largest absolute Gasteiger partial charge is 0.236 e. The predicted octanol–water partition coefficient (Wildman–Crippen LogP) is 2.54. The molecule has 2 aromatic rings. The van der Waals surface area contributed by atoms with Crippen LogP contribution in [0.15, 0.2) is 24.4 Å². The molecular weight excluding hydrogens is 263 g/mol. The Bertz CT molecular complexity index is 385. The molecule has 2 nitrogen and oxygen atoms in total. The Hall–Kier alpha value is -0.710. The topological polar surface area (TPSA) is 25.8 Å². The smallest absolute Gasteiger partial charge is 0.159 e. The Morgan fingerprint density at radius 2 is 2.17 bits per heavy atom. The molecule has 0 aliphatic rings. The van der Waals surface area contributed by atoms with Crippen LogP contribution in [-0.4, -0.2) is 9.97 Å². The van der Waals surface area contributed by atoms with Crippen molar-refractivity contribution in [3.63, 3.8) is 0 Å². The molecule has 2 aromatic heterocycles. The highest BCUT2D eigenvalue weighted by atomic mass is 127. The van der Waals surface area contributed by atoms with E-state index in [0.717, 1.165) is 20.3 Å². The van der Waals surface area contributed by atoms with Crippen LogP contribution < -0.4 is 0 Å². The second-order valence-corrected chi connectivity index (χ2v) is 3.90. The fourth-order valence-corrected chi connectivity index (χ4v) is 1.55. The Morgan fingerprint density at radius 1 is 1.33 bits per heavy atom. The zero-order valence-corrected chi connectivity index (χ0v) is 8.74. The number of aryl methyl sites for hydroxylation is 1. The van der Waals surface area contributed by atoms with E-state index in [4.69, 9.17) is 0 Å². The molecule has 3 heteroatoms. The van der Waals surface area contributed by atoms with E-state index in [9.17, 15) is 0 Å². The van der Waals surface area contributed by atoms with Crippen molar-refractivity contribution in [1.29, 1.82) is 0 Å². The number of aromatic nitrogens is 2. The molecule has 2 rings (SSSR count). The number of nitrogens with zero attached hydrogens (tertiary/aromatic N) is 2. The average Bonchev–Trinajstić information content (AvgIpc) is 2.05. The second-order valence-electron chi connectivity index (χ2n) is 2.65. The molecule has 2 heterocycles. The molecule has 0 saturated carbocycles. The molecular formula is C9H7IN2. The molecule has 0 aromatic carbocycles. The summed E-state index contributed by atoms with van der Waals surface area (Å²) in [4.78, 5) is 8.53. The Labute approximate surface area is 84.2 Å². The molecule has 60 valence electrons. The van der Waals surface area contributed by atoms with Crippen molar-refractivity contribution in [3.8, 4) is 0 Å².